The monoisotopic (exact) mass is 266 g/mol. The fourth-order valence-electron chi connectivity index (χ4n) is 2.31. The smallest absolute Gasteiger partial charge is 0.335 e. The second-order valence-corrected chi connectivity index (χ2v) is 4.77. The first-order chi connectivity index (χ1) is 9.10. The van der Waals surface area contributed by atoms with E-state index in [0.717, 1.165) is 19.3 Å². The molecule has 4 heteroatoms. The second kappa shape index (κ2) is 7.77. The quantitative estimate of drug-likeness (QED) is 0.541. The van der Waals surface area contributed by atoms with Crippen molar-refractivity contribution in [2.24, 2.45) is 5.92 Å². The Morgan fingerprint density at radius 3 is 2.74 bits per heavy atom. The van der Waals surface area contributed by atoms with E-state index in [1.54, 1.807) is 6.08 Å². The molecule has 0 aliphatic heterocycles. The Kier molecular flexibility index (Phi) is 6.33. The Morgan fingerprint density at radius 2 is 2.16 bits per heavy atom. The summed E-state index contributed by atoms with van der Waals surface area (Å²) in [5.41, 5.74) is 0.292. The van der Waals surface area contributed by atoms with Crippen LogP contribution in [0.5, 0.6) is 0 Å². The molecule has 0 fully saturated rings. The number of allylic oxidation sites excluding steroid dienone is 3. The fourth-order valence-corrected chi connectivity index (χ4v) is 2.31. The van der Waals surface area contributed by atoms with Crippen LogP contribution in [0.1, 0.15) is 45.4 Å². The zero-order chi connectivity index (χ0) is 14.3. The number of carboxylic acid groups (broad SMARTS) is 1. The Hall–Kier alpha value is -1.58. The lowest BCUT2D eigenvalue weighted by molar-refractivity contribution is -0.133. The molecule has 1 atom stereocenters. The molecule has 0 heterocycles. The van der Waals surface area contributed by atoms with E-state index >= 15 is 0 Å². The standard InChI is InChI=1S/C15H22O4/c1-3-4-5-6-12(16)9-7-11-8-10-13(19-2)14(11)15(17)18/h7,9,11H,3-6,8,10H2,1-2H3,(H,17,18)/b9-7+. The highest BCUT2D eigenvalue weighted by Gasteiger charge is 2.29. The van der Waals surface area contributed by atoms with Gasteiger partial charge in [-0.05, 0) is 18.9 Å². The molecule has 19 heavy (non-hydrogen) atoms. The first-order valence-corrected chi connectivity index (χ1v) is 6.81. The van der Waals surface area contributed by atoms with Gasteiger partial charge in [-0.25, -0.2) is 4.79 Å². The van der Waals surface area contributed by atoms with Crippen LogP contribution in [-0.2, 0) is 14.3 Å². The molecule has 1 rings (SSSR count). The van der Waals surface area contributed by atoms with Crippen molar-refractivity contribution in [2.75, 3.05) is 7.11 Å². The van der Waals surface area contributed by atoms with Crippen LogP contribution >= 0.6 is 0 Å². The number of unbranched alkanes of at least 4 members (excludes halogenated alkanes) is 2. The van der Waals surface area contributed by atoms with Gasteiger partial charge in [-0.3, -0.25) is 4.79 Å². The highest BCUT2D eigenvalue weighted by molar-refractivity contribution is 5.91. The number of carbonyl (C=O) groups excluding carboxylic acids is 1. The van der Waals surface area contributed by atoms with Crippen molar-refractivity contribution in [3.8, 4) is 0 Å². The number of methoxy groups -OCH3 is 1. The first kappa shape index (κ1) is 15.5. The van der Waals surface area contributed by atoms with Crippen LogP contribution in [-0.4, -0.2) is 24.0 Å². The van der Waals surface area contributed by atoms with Crippen molar-refractivity contribution in [3.05, 3.63) is 23.5 Å². The van der Waals surface area contributed by atoms with Crippen molar-refractivity contribution in [3.63, 3.8) is 0 Å². The van der Waals surface area contributed by atoms with E-state index in [0.29, 0.717) is 30.6 Å². The average Bonchev–Trinajstić information content (AvgIpc) is 2.79. The van der Waals surface area contributed by atoms with E-state index in [-0.39, 0.29) is 11.7 Å². The minimum absolute atomic E-state index is 0.0732. The average molecular weight is 266 g/mol. The summed E-state index contributed by atoms with van der Waals surface area (Å²) in [6, 6.07) is 0. The molecular formula is C15H22O4. The van der Waals surface area contributed by atoms with Crippen LogP contribution in [0.4, 0.5) is 0 Å². The van der Waals surface area contributed by atoms with Crippen LogP contribution in [0.15, 0.2) is 23.5 Å². The number of hydrogen-bond acceptors (Lipinski definition) is 3. The van der Waals surface area contributed by atoms with Gasteiger partial charge in [0.05, 0.1) is 12.7 Å². The predicted octanol–water partition coefficient (Wildman–Crippen LogP) is 3.09. The molecule has 0 spiro atoms. The van der Waals surface area contributed by atoms with Gasteiger partial charge in [0.15, 0.2) is 5.78 Å². The predicted molar refractivity (Wildman–Crippen MR) is 72.7 cm³/mol. The number of rotatable bonds is 8. The van der Waals surface area contributed by atoms with Gasteiger partial charge >= 0.3 is 5.97 Å². The van der Waals surface area contributed by atoms with Crippen LogP contribution in [0, 0.1) is 5.92 Å². The van der Waals surface area contributed by atoms with Gasteiger partial charge in [0.25, 0.3) is 0 Å². The number of carbonyl (C=O) groups is 2. The summed E-state index contributed by atoms with van der Waals surface area (Å²) in [5, 5.41) is 9.17. The number of carboxylic acids is 1. The molecular weight excluding hydrogens is 244 g/mol. The first-order valence-electron chi connectivity index (χ1n) is 6.81. The topological polar surface area (TPSA) is 63.6 Å². The summed E-state index contributed by atoms with van der Waals surface area (Å²) in [4.78, 5) is 22.8. The highest BCUT2D eigenvalue weighted by atomic mass is 16.5. The van der Waals surface area contributed by atoms with E-state index < -0.39 is 5.97 Å². The van der Waals surface area contributed by atoms with Gasteiger partial charge in [-0.15, -0.1) is 0 Å². The molecule has 4 nitrogen and oxygen atoms in total. The summed E-state index contributed by atoms with van der Waals surface area (Å²) in [6.07, 6.45) is 8.14. The SMILES string of the molecule is CCCCCC(=O)/C=C/C1CCC(OC)=C1C(=O)O. The van der Waals surface area contributed by atoms with Gasteiger partial charge in [0.2, 0.25) is 0 Å². The lowest BCUT2D eigenvalue weighted by Crippen LogP contribution is -2.09. The van der Waals surface area contributed by atoms with Crippen molar-refractivity contribution in [2.45, 2.75) is 45.4 Å². The third-order valence-electron chi connectivity index (χ3n) is 3.37. The molecule has 0 bridgehead atoms. The maximum Gasteiger partial charge on any atom is 0.335 e. The van der Waals surface area contributed by atoms with E-state index in [1.165, 1.54) is 13.2 Å². The zero-order valence-corrected chi connectivity index (χ0v) is 11.6. The normalized spacial score (nSPS) is 19.2. The number of hydrogen-bond donors (Lipinski definition) is 1. The molecule has 1 unspecified atom stereocenters. The summed E-state index contributed by atoms with van der Waals surface area (Å²) in [5.74, 6) is -0.561. The Morgan fingerprint density at radius 1 is 1.42 bits per heavy atom. The van der Waals surface area contributed by atoms with E-state index in [2.05, 4.69) is 6.92 Å². The van der Waals surface area contributed by atoms with Crippen molar-refractivity contribution < 1.29 is 19.4 Å². The number of ketones is 1. The lowest BCUT2D eigenvalue weighted by Gasteiger charge is -2.06. The molecule has 0 saturated heterocycles. The van der Waals surface area contributed by atoms with Crippen molar-refractivity contribution >= 4 is 11.8 Å². The summed E-state index contributed by atoms with van der Waals surface area (Å²) < 4.78 is 5.08. The van der Waals surface area contributed by atoms with Gasteiger partial charge in [0.1, 0.15) is 5.76 Å². The van der Waals surface area contributed by atoms with E-state index in [9.17, 15) is 9.59 Å². The molecule has 1 aliphatic rings. The molecule has 0 aromatic carbocycles. The Bertz CT molecular complexity index is 393. The Labute approximate surface area is 114 Å². The minimum Gasteiger partial charge on any atom is -0.501 e. The second-order valence-electron chi connectivity index (χ2n) is 4.77. The van der Waals surface area contributed by atoms with Crippen LogP contribution in [0.2, 0.25) is 0 Å². The maximum absolute atomic E-state index is 11.6. The molecule has 0 amide bonds. The largest absolute Gasteiger partial charge is 0.501 e. The van der Waals surface area contributed by atoms with Crippen molar-refractivity contribution in [1.82, 2.24) is 0 Å². The molecule has 0 saturated carbocycles. The third kappa shape index (κ3) is 4.54. The highest BCUT2D eigenvalue weighted by Crippen LogP contribution is 2.33. The minimum atomic E-state index is -0.956. The number of ether oxygens (including phenoxy) is 1. The fraction of sp³-hybridized carbons (Fsp3) is 0.600. The van der Waals surface area contributed by atoms with Gasteiger partial charge in [0, 0.05) is 18.8 Å². The molecule has 106 valence electrons. The third-order valence-corrected chi connectivity index (χ3v) is 3.37. The van der Waals surface area contributed by atoms with Gasteiger partial charge in [-0.1, -0.05) is 25.8 Å². The van der Waals surface area contributed by atoms with Crippen molar-refractivity contribution in [1.29, 1.82) is 0 Å². The molecule has 0 aromatic heterocycles. The molecule has 0 aromatic rings. The van der Waals surface area contributed by atoms with Gasteiger partial charge < -0.3 is 9.84 Å². The summed E-state index contributed by atoms with van der Waals surface area (Å²) in [6.45, 7) is 2.09. The molecule has 1 N–H and O–H groups in total. The lowest BCUT2D eigenvalue weighted by atomic mass is 10.00. The Balaban J connectivity index is 2.59. The molecule has 0 radical (unpaired) electrons. The number of aliphatic carboxylic acids is 1. The van der Waals surface area contributed by atoms with Gasteiger partial charge in [-0.2, -0.15) is 0 Å². The van der Waals surface area contributed by atoms with Crippen LogP contribution < -0.4 is 0 Å². The summed E-state index contributed by atoms with van der Waals surface area (Å²) >= 11 is 0. The van der Waals surface area contributed by atoms with Crippen LogP contribution in [0.25, 0.3) is 0 Å². The van der Waals surface area contributed by atoms with E-state index in [1.807, 2.05) is 0 Å². The summed E-state index contributed by atoms with van der Waals surface area (Å²) in [7, 11) is 1.49. The maximum atomic E-state index is 11.6. The zero-order valence-electron chi connectivity index (χ0n) is 11.6. The van der Waals surface area contributed by atoms with E-state index in [4.69, 9.17) is 9.84 Å². The van der Waals surface area contributed by atoms with Crippen LogP contribution in [0.3, 0.4) is 0 Å². The molecule has 1 aliphatic carbocycles.